The van der Waals surface area contributed by atoms with E-state index in [4.69, 9.17) is 4.74 Å². The van der Waals surface area contributed by atoms with Gasteiger partial charge < -0.3 is 9.14 Å². The first kappa shape index (κ1) is 15.7. The molecule has 0 unspecified atom stereocenters. The lowest BCUT2D eigenvalue weighted by Crippen LogP contribution is -2.04. The van der Waals surface area contributed by atoms with Crippen molar-refractivity contribution >= 4 is 11.5 Å². The van der Waals surface area contributed by atoms with Gasteiger partial charge in [0.25, 0.3) is 0 Å². The Kier molecular flexibility index (Phi) is 3.96. The highest BCUT2D eigenvalue weighted by Gasteiger charge is 2.15. The van der Waals surface area contributed by atoms with Gasteiger partial charge in [-0.25, -0.2) is 9.48 Å². The second kappa shape index (κ2) is 6.57. The summed E-state index contributed by atoms with van der Waals surface area (Å²) >= 11 is 0. The molecule has 0 spiro atoms. The molecule has 3 aromatic heterocycles. The smallest absolute Gasteiger partial charge is 0.341 e. The van der Waals surface area contributed by atoms with Crippen LogP contribution in [0.25, 0.3) is 11.2 Å². The summed E-state index contributed by atoms with van der Waals surface area (Å²) in [5.41, 5.74) is 3.19. The van der Waals surface area contributed by atoms with Gasteiger partial charge in [-0.3, -0.25) is 0 Å². The molecule has 0 saturated heterocycles. The van der Waals surface area contributed by atoms with Gasteiger partial charge in [0.05, 0.1) is 28.5 Å². The van der Waals surface area contributed by atoms with Crippen molar-refractivity contribution in [3.63, 3.8) is 0 Å². The molecule has 0 atom stereocenters. The van der Waals surface area contributed by atoms with E-state index in [1.54, 1.807) is 17.1 Å². The van der Waals surface area contributed by atoms with Gasteiger partial charge in [0.15, 0.2) is 0 Å². The summed E-state index contributed by atoms with van der Waals surface area (Å²) in [4.78, 5) is 12.3. The molecule has 0 aliphatic rings. The highest BCUT2D eigenvalue weighted by Crippen LogP contribution is 2.19. The number of fused-ring (bicyclic) bond motifs is 1. The predicted octanol–water partition coefficient (Wildman–Crippen LogP) is 3.35. The van der Waals surface area contributed by atoms with Crippen molar-refractivity contribution in [2.45, 2.75) is 6.61 Å². The van der Waals surface area contributed by atoms with Crippen LogP contribution in [0, 0.1) is 11.3 Å². The molecule has 126 valence electrons. The van der Waals surface area contributed by atoms with Crippen molar-refractivity contribution in [1.29, 1.82) is 5.26 Å². The predicted molar refractivity (Wildman–Crippen MR) is 94.8 cm³/mol. The molecule has 0 saturated carbocycles. The molecule has 6 heteroatoms. The maximum Gasteiger partial charge on any atom is 0.341 e. The van der Waals surface area contributed by atoms with E-state index in [0.717, 1.165) is 11.2 Å². The SMILES string of the molecule is N#Cc1c(COC(=O)c2cnn(-c3ccccc3)c2)cn2ccccc12. The largest absolute Gasteiger partial charge is 0.457 e. The van der Waals surface area contributed by atoms with E-state index in [2.05, 4.69) is 11.2 Å². The minimum Gasteiger partial charge on any atom is -0.457 e. The molecule has 4 rings (SSSR count). The lowest BCUT2D eigenvalue weighted by molar-refractivity contribution is 0.0472. The number of hydrogen-bond acceptors (Lipinski definition) is 4. The molecule has 0 bridgehead atoms. The fourth-order valence-corrected chi connectivity index (χ4v) is 2.79. The lowest BCUT2D eigenvalue weighted by Gasteiger charge is -2.02. The number of carbonyl (C=O) groups excluding carboxylic acids is 1. The quantitative estimate of drug-likeness (QED) is 0.533. The number of para-hydroxylation sites is 1. The molecule has 26 heavy (non-hydrogen) atoms. The Morgan fingerprint density at radius 1 is 1.12 bits per heavy atom. The zero-order valence-corrected chi connectivity index (χ0v) is 13.7. The van der Waals surface area contributed by atoms with Crippen molar-refractivity contribution < 1.29 is 9.53 Å². The first-order chi connectivity index (χ1) is 12.8. The molecule has 0 aliphatic heterocycles. The number of nitriles is 1. The maximum absolute atomic E-state index is 12.3. The Hall–Kier alpha value is -3.85. The molecular weight excluding hydrogens is 328 g/mol. The molecular formula is C20H14N4O2. The summed E-state index contributed by atoms with van der Waals surface area (Å²) < 4.78 is 8.84. The first-order valence-electron chi connectivity index (χ1n) is 8.02. The van der Waals surface area contributed by atoms with E-state index in [9.17, 15) is 10.1 Å². The van der Waals surface area contributed by atoms with E-state index >= 15 is 0 Å². The topological polar surface area (TPSA) is 72.3 Å². The van der Waals surface area contributed by atoms with Gasteiger partial charge in [-0.05, 0) is 24.3 Å². The van der Waals surface area contributed by atoms with Crippen LogP contribution in [0.15, 0.2) is 73.3 Å². The third-order valence-corrected chi connectivity index (χ3v) is 4.07. The summed E-state index contributed by atoms with van der Waals surface area (Å²) in [6, 6.07) is 17.3. The molecule has 0 radical (unpaired) electrons. The zero-order chi connectivity index (χ0) is 17.9. The monoisotopic (exact) mass is 342 g/mol. The Balaban J connectivity index is 1.52. The molecule has 4 aromatic rings. The van der Waals surface area contributed by atoms with Gasteiger partial charge in [0, 0.05) is 24.2 Å². The summed E-state index contributed by atoms with van der Waals surface area (Å²) in [5, 5.41) is 13.6. The molecule has 0 amide bonds. The number of nitrogens with zero attached hydrogens (tertiary/aromatic N) is 4. The van der Waals surface area contributed by atoms with E-state index in [0.29, 0.717) is 16.7 Å². The fraction of sp³-hybridized carbons (Fsp3) is 0.0500. The fourth-order valence-electron chi connectivity index (χ4n) is 2.79. The Bertz CT molecular complexity index is 1120. The number of benzene rings is 1. The van der Waals surface area contributed by atoms with E-state index in [1.807, 2.05) is 59.1 Å². The molecule has 0 fully saturated rings. The van der Waals surface area contributed by atoms with Crippen LogP contribution < -0.4 is 0 Å². The molecule has 0 aliphatic carbocycles. The minimum absolute atomic E-state index is 0.0277. The van der Waals surface area contributed by atoms with Crippen molar-refractivity contribution in [2.24, 2.45) is 0 Å². The molecule has 0 N–H and O–H groups in total. The number of pyridine rings is 1. The van der Waals surface area contributed by atoms with Crippen LogP contribution in [-0.2, 0) is 11.3 Å². The normalized spacial score (nSPS) is 10.6. The second-order valence-electron chi connectivity index (χ2n) is 5.72. The summed E-state index contributed by atoms with van der Waals surface area (Å²) in [6.07, 6.45) is 6.75. The first-order valence-corrected chi connectivity index (χ1v) is 8.02. The van der Waals surface area contributed by atoms with Crippen molar-refractivity contribution in [1.82, 2.24) is 14.2 Å². The van der Waals surface area contributed by atoms with Gasteiger partial charge in [-0.2, -0.15) is 10.4 Å². The number of ether oxygens (including phenoxy) is 1. The Morgan fingerprint density at radius 2 is 1.92 bits per heavy atom. The van der Waals surface area contributed by atoms with Crippen molar-refractivity contribution in [2.75, 3.05) is 0 Å². The second-order valence-corrected chi connectivity index (χ2v) is 5.72. The summed E-state index contributed by atoms with van der Waals surface area (Å²) in [6.45, 7) is 0.0277. The van der Waals surface area contributed by atoms with Crippen LogP contribution in [0.5, 0.6) is 0 Å². The highest BCUT2D eigenvalue weighted by molar-refractivity contribution is 5.89. The summed E-state index contributed by atoms with van der Waals surface area (Å²) in [7, 11) is 0. The van der Waals surface area contributed by atoms with Crippen molar-refractivity contribution in [3.8, 4) is 11.8 Å². The van der Waals surface area contributed by atoms with Gasteiger partial charge >= 0.3 is 5.97 Å². The van der Waals surface area contributed by atoms with Crippen LogP contribution in [0.1, 0.15) is 21.5 Å². The summed E-state index contributed by atoms with van der Waals surface area (Å²) in [5.74, 6) is -0.480. The molecule has 1 aromatic carbocycles. The molecule has 3 heterocycles. The van der Waals surface area contributed by atoms with Gasteiger partial charge in [0.1, 0.15) is 12.7 Å². The maximum atomic E-state index is 12.3. The number of hydrogen-bond donors (Lipinski definition) is 0. The zero-order valence-electron chi connectivity index (χ0n) is 13.7. The lowest BCUT2D eigenvalue weighted by atomic mass is 10.2. The van der Waals surface area contributed by atoms with Gasteiger partial charge in [-0.1, -0.05) is 24.3 Å². The van der Waals surface area contributed by atoms with Crippen LogP contribution in [0.3, 0.4) is 0 Å². The highest BCUT2D eigenvalue weighted by atomic mass is 16.5. The minimum atomic E-state index is -0.480. The number of carbonyl (C=O) groups is 1. The number of esters is 1. The Morgan fingerprint density at radius 3 is 2.73 bits per heavy atom. The number of aromatic nitrogens is 3. The van der Waals surface area contributed by atoms with Crippen LogP contribution in [-0.4, -0.2) is 20.2 Å². The average Bonchev–Trinajstić information content (AvgIpc) is 3.31. The third kappa shape index (κ3) is 2.82. The average molecular weight is 342 g/mol. The van der Waals surface area contributed by atoms with Crippen LogP contribution in [0.4, 0.5) is 0 Å². The van der Waals surface area contributed by atoms with Crippen LogP contribution >= 0.6 is 0 Å². The number of rotatable bonds is 4. The van der Waals surface area contributed by atoms with Crippen LogP contribution in [0.2, 0.25) is 0 Å². The Labute approximate surface area is 149 Å². The van der Waals surface area contributed by atoms with Gasteiger partial charge in [-0.15, -0.1) is 0 Å². The third-order valence-electron chi connectivity index (χ3n) is 4.07. The molecule has 6 nitrogen and oxygen atoms in total. The van der Waals surface area contributed by atoms with Crippen molar-refractivity contribution in [3.05, 3.63) is 90.0 Å². The van der Waals surface area contributed by atoms with E-state index < -0.39 is 5.97 Å². The standard InChI is InChI=1S/C20H14N4O2/c21-10-18-16(12-23-9-5-4-8-19(18)23)14-26-20(25)15-11-22-24(13-15)17-6-2-1-3-7-17/h1-9,11-13H,14H2. The van der Waals surface area contributed by atoms with E-state index in [1.165, 1.54) is 6.20 Å². The van der Waals surface area contributed by atoms with Gasteiger partial charge in [0.2, 0.25) is 0 Å². The van der Waals surface area contributed by atoms with E-state index in [-0.39, 0.29) is 6.61 Å².